The molecule has 0 saturated heterocycles. The first-order chi connectivity index (χ1) is 7.77. The smallest absolute Gasteiger partial charge is 0.331 e. The summed E-state index contributed by atoms with van der Waals surface area (Å²) in [5.41, 5.74) is 0.0360. The van der Waals surface area contributed by atoms with Crippen molar-refractivity contribution in [2.45, 2.75) is 26.3 Å². The highest BCUT2D eigenvalue weighted by Crippen LogP contribution is 2.09. The maximum Gasteiger partial charge on any atom is 0.331 e. The highest BCUT2D eigenvalue weighted by atomic mass is 16.5. The fourth-order valence-electron chi connectivity index (χ4n) is 0.871. The second-order valence-corrected chi connectivity index (χ2v) is 4.62. The molecule has 0 heterocycles. The van der Waals surface area contributed by atoms with Gasteiger partial charge in [0.2, 0.25) is 0 Å². The normalized spacial score (nSPS) is 11.9. The number of esters is 2. The van der Waals surface area contributed by atoms with E-state index in [0.717, 1.165) is 12.2 Å². The van der Waals surface area contributed by atoms with E-state index < -0.39 is 11.9 Å². The molecular weight excluding hydrogens is 222 g/mol. The summed E-state index contributed by atoms with van der Waals surface area (Å²) in [6.45, 7) is 7.16. The molecule has 0 atom stereocenters. The van der Waals surface area contributed by atoms with Crippen LogP contribution in [0, 0.1) is 0 Å². The van der Waals surface area contributed by atoms with Gasteiger partial charge in [-0.25, -0.2) is 9.59 Å². The number of hydrogen-bond donors (Lipinski definition) is 0. The molecule has 0 aliphatic carbocycles. The van der Waals surface area contributed by atoms with Crippen molar-refractivity contribution in [1.29, 1.82) is 0 Å². The third kappa shape index (κ3) is 7.52. The van der Waals surface area contributed by atoms with Crippen molar-refractivity contribution in [3.05, 3.63) is 12.2 Å². The van der Waals surface area contributed by atoms with Gasteiger partial charge in [-0.3, -0.25) is 4.90 Å². The molecule has 0 unspecified atom stereocenters. The minimum atomic E-state index is -0.575. The third-order valence-electron chi connectivity index (χ3n) is 2.37. The van der Waals surface area contributed by atoms with Gasteiger partial charge in [-0.15, -0.1) is 0 Å². The van der Waals surface area contributed by atoms with Crippen molar-refractivity contribution in [1.82, 2.24) is 4.90 Å². The molecule has 0 bridgehead atoms. The van der Waals surface area contributed by atoms with E-state index in [1.54, 1.807) is 0 Å². The van der Waals surface area contributed by atoms with Crippen molar-refractivity contribution >= 4 is 11.9 Å². The van der Waals surface area contributed by atoms with E-state index in [0.29, 0.717) is 6.54 Å². The number of rotatable bonds is 5. The van der Waals surface area contributed by atoms with Gasteiger partial charge in [-0.2, -0.15) is 0 Å². The van der Waals surface area contributed by atoms with E-state index in [2.05, 4.69) is 30.4 Å². The van der Waals surface area contributed by atoms with E-state index >= 15 is 0 Å². The van der Waals surface area contributed by atoms with Gasteiger partial charge in [0.25, 0.3) is 0 Å². The Morgan fingerprint density at radius 1 is 1.18 bits per heavy atom. The van der Waals surface area contributed by atoms with Gasteiger partial charge in [0.05, 0.1) is 7.11 Å². The minimum Gasteiger partial charge on any atom is -0.466 e. The molecule has 0 aliphatic rings. The Kier molecular flexibility index (Phi) is 6.50. The average molecular weight is 243 g/mol. The summed E-state index contributed by atoms with van der Waals surface area (Å²) in [4.78, 5) is 23.9. The van der Waals surface area contributed by atoms with Crippen LogP contribution in [0.3, 0.4) is 0 Å². The van der Waals surface area contributed by atoms with E-state index in [1.807, 2.05) is 7.05 Å². The summed E-state index contributed by atoms with van der Waals surface area (Å²) >= 11 is 0. The van der Waals surface area contributed by atoms with Crippen molar-refractivity contribution in [2.24, 2.45) is 0 Å². The zero-order chi connectivity index (χ0) is 13.5. The zero-order valence-corrected chi connectivity index (χ0v) is 11.1. The standard InChI is InChI=1S/C12H21NO4/c1-12(2,3)13(4)8-9-17-11(15)7-6-10(14)16-5/h6-7H,8-9H2,1-5H3/b7-6+. The monoisotopic (exact) mass is 243 g/mol. The van der Waals surface area contributed by atoms with E-state index in [9.17, 15) is 9.59 Å². The molecule has 0 aromatic carbocycles. The SMILES string of the molecule is COC(=O)/C=C/C(=O)OCCN(C)C(C)(C)C. The van der Waals surface area contributed by atoms with Crippen molar-refractivity contribution in [3.8, 4) is 0 Å². The number of hydrogen-bond acceptors (Lipinski definition) is 5. The number of ether oxygens (including phenoxy) is 2. The summed E-state index contributed by atoms with van der Waals surface area (Å²) in [6, 6.07) is 0. The van der Waals surface area contributed by atoms with Gasteiger partial charge in [-0.1, -0.05) is 0 Å². The lowest BCUT2D eigenvalue weighted by Gasteiger charge is -2.31. The van der Waals surface area contributed by atoms with Gasteiger partial charge in [0, 0.05) is 24.2 Å². The molecule has 0 fully saturated rings. The molecule has 5 heteroatoms. The third-order valence-corrected chi connectivity index (χ3v) is 2.37. The Bertz CT molecular complexity index is 291. The van der Waals surface area contributed by atoms with Crippen LogP contribution in [0.25, 0.3) is 0 Å². The summed E-state index contributed by atoms with van der Waals surface area (Å²) in [5.74, 6) is -1.12. The Balaban J connectivity index is 3.87. The zero-order valence-electron chi connectivity index (χ0n) is 11.1. The number of carbonyl (C=O) groups excluding carboxylic acids is 2. The van der Waals surface area contributed by atoms with Crippen LogP contribution in [-0.4, -0.2) is 49.7 Å². The molecule has 0 aliphatic heterocycles. The van der Waals surface area contributed by atoms with Crippen LogP contribution in [0.4, 0.5) is 0 Å². The Morgan fingerprint density at radius 2 is 1.71 bits per heavy atom. The Hall–Kier alpha value is -1.36. The highest BCUT2D eigenvalue weighted by molar-refractivity contribution is 5.91. The van der Waals surface area contributed by atoms with Crippen LogP contribution in [0.5, 0.6) is 0 Å². The molecule has 0 N–H and O–H groups in total. The van der Waals surface area contributed by atoms with Gasteiger partial charge >= 0.3 is 11.9 Å². The Labute approximate surface area is 102 Å². The lowest BCUT2D eigenvalue weighted by Crippen LogP contribution is -2.40. The van der Waals surface area contributed by atoms with Crippen LogP contribution >= 0.6 is 0 Å². The second-order valence-electron chi connectivity index (χ2n) is 4.62. The fourth-order valence-corrected chi connectivity index (χ4v) is 0.871. The molecule has 0 rings (SSSR count). The number of nitrogens with zero attached hydrogens (tertiary/aromatic N) is 1. The highest BCUT2D eigenvalue weighted by Gasteiger charge is 2.16. The largest absolute Gasteiger partial charge is 0.466 e. The summed E-state index contributed by atoms with van der Waals surface area (Å²) in [7, 11) is 3.20. The molecule has 0 spiro atoms. The molecule has 0 aromatic heterocycles. The summed E-state index contributed by atoms with van der Waals surface area (Å²) < 4.78 is 9.27. The maximum atomic E-state index is 11.2. The van der Waals surface area contributed by atoms with Crippen molar-refractivity contribution in [2.75, 3.05) is 27.3 Å². The first kappa shape index (κ1) is 15.6. The first-order valence-electron chi connectivity index (χ1n) is 5.41. The van der Waals surface area contributed by atoms with E-state index in [1.165, 1.54) is 7.11 Å². The Morgan fingerprint density at radius 3 is 2.18 bits per heavy atom. The molecular formula is C12H21NO4. The lowest BCUT2D eigenvalue weighted by atomic mass is 10.1. The quantitative estimate of drug-likeness (QED) is 0.532. The molecule has 5 nitrogen and oxygen atoms in total. The molecule has 0 aromatic rings. The second kappa shape index (κ2) is 7.06. The number of methoxy groups -OCH3 is 1. The lowest BCUT2D eigenvalue weighted by molar-refractivity contribution is -0.139. The van der Waals surface area contributed by atoms with Crippen LogP contribution in [0.2, 0.25) is 0 Å². The van der Waals surface area contributed by atoms with Crippen molar-refractivity contribution < 1.29 is 19.1 Å². The van der Waals surface area contributed by atoms with Gasteiger partial charge in [0.1, 0.15) is 6.61 Å². The van der Waals surface area contributed by atoms with Crippen LogP contribution in [0.15, 0.2) is 12.2 Å². The average Bonchev–Trinajstić information content (AvgIpc) is 2.24. The fraction of sp³-hybridized carbons (Fsp3) is 0.667. The van der Waals surface area contributed by atoms with Crippen LogP contribution in [-0.2, 0) is 19.1 Å². The number of likely N-dealkylation sites (N-methyl/N-ethyl adjacent to an activating group) is 1. The first-order valence-corrected chi connectivity index (χ1v) is 5.41. The molecule has 98 valence electrons. The van der Waals surface area contributed by atoms with Gasteiger partial charge in [0.15, 0.2) is 0 Å². The van der Waals surface area contributed by atoms with Crippen molar-refractivity contribution in [3.63, 3.8) is 0 Å². The molecule has 0 amide bonds. The van der Waals surface area contributed by atoms with E-state index in [4.69, 9.17) is 4.74 Å². The van der Waals surface area contributed by atoms with Gasteiger partial charge < -0.3 is 9.47 Å². The van der Waals surface area contributed by atoms with Gasteiger partial charge in [-0.05, 0) is 27.8 Å². The predicted molar refractivity (Wildman–Crippen MR) is 64.5 cm³/mol. The molecule has 17 heavy (non-hydrogen) atoms. The summed E-state index contributed by atoms with van der Waals surface area (Å²) in [6.07, 6.45) is 2.10. The van der Waals surface area contributed by atoms with Crippen LogP contribution < -0.4 is 0 Å². The predicted octanol–water partition coefficient (Wildman–Crippen LogP) is 0.989. The molecule has 0 saturated carbocycles. The topological polar surface area (TPSA) is 55.8 Å². The number of carbonyl (C=O) groups is 2. The summed E-state index contributed by atoms with van der Waals surface area (Å²) in [5, 5.41) is 0. The van der Waals surface area contributed by atoms with Crippen LogP contribution in [0.1, 0.15) is 20.8 Å². The molecule has 0 radical (unpaired) electrons. The maximum absolute atomic E-state index is 11.2. The van der Waals surface area contributed by atoms with E-state index in [-0.39, 0.29) is 12.1 Å². The minimum absolute atomic E-state index is 0.0360.